The van der Waals surface area contributed by atoms with Crippen LogP contribution in [0, 0.1) is 17.8 Å². The van der Waals surface area contributed by atoms with Crippen LogP contribution in [0.15, 0.2) is 48.5 Å². The number of phenols is 1. The molecule has 0 unspecified atom stereocenters. The van der Waals surface area contributed by atoms with Crippen molar-refractivity contribution < 1.29 is 9.84 Å². The SMILES string of the molecule is CCc1ccc(OC)c2cc(-c3ccc(O)c(C45CC6CC(CC(C6)C4)C5)c3)ccc12. The summed E-state index contributed by atoms with van der Waals surface area (Å²) in [6.07, 6.45) is 9.07. The van der Waals surface area contributed by atoms with Gasteiger partial charge in [-0.3, -0.25) is 0 Å². The lowest BCUT2D eigenvalue weighted by Crippen LogP contribution is -2.48. The third-order valence-electron chi connectivity index (χ3n) is 8.61. The summed E-state index contributed by atoms with van der Waals surface area (Å²) in [5, 5.41) is 13.4. The van der Waals surface area contributed by atoms with Crippen molar-refractivity contribution in [1.29, 1.82) is 0 Å². The van der Waals surface area contributed by atoms with Gasteiger partial charge in [-0.05, 0) is 114 Å². The van der Waals surface area contributed by atoms with Crippen LogP contribution in [0.1, 0.15) is 56.6 Å². The van der Waals surface area contributed by atoms with E-state index < -0.39 is 0 Å². The Kier molecular flexibility index (Phi) is 4.35. The first-order chi connectivity index (χ1) is 15.1. The van der Waals surface area contributed by atoms with Gasteiger partial charge in [0.05, 0.1) is 7.11 Å². The van der Waals surface area contributed by atoms with Crippen LogP contribution < -0.4 is 4.74 Å². The first-order valence-electron chi connectivity index (χ1n) is 12.0. The van der Waals surface area contributed by atoms with Gasteiger partial charge in [0.2, 0.25) is 0 Å². The Morgan fingerprint density at radius 2 is 1.48 bits per heavy atom. The topological polar surface area (TPSA) is 29.5 Å². The molecular weight excluding hydrogens is 380 g/mol. The second kappa shape index (κ2) is 7.02. The molecule has 31 heavy (non-hydrogen) atoms. The number of aryl methyl sites for hydroxylation is 1. The zero-order chi connectivity index (χ0) is 21.2. The predicted octanol–water partition coefficient (Wildman–Crippen LogP) is 7.25. The number of rotatable bonds is 4. The zero-order valence-corrected chi connectivity index (χ0v) is 18.7. The molecule has 3 aromatic rings. The van der Waals surface area contributed by atoms with E-state index in [0.717, 1.165) is 29.9 Å². The lowest BCUT2D eigenvalue weighted by Gasteiger charge is -2.57. The van der Waals surface area contributed by atoms with E-state index in [4.69, 9.17) is 4.74 Å². The fourth-order valence-electron chi connectivity index (χ4n) is 7.63. The Morgan fingerprint density at radius 3 is 2.13 bits per heavy atom. The molecule has 0 atom stereocenters. The van der Waals surface area contributed by atoms with Gasteiger partial charge in [0, 0.05) is 10.9 Å². The summed E-state index contributed by atoms with van der Waals surface area (Å²) in [6.45, 7) is 2.20. The van der Waals surface area contributed by atoms with Gasteiger partial charge < -0.3 is 9.84 Å². The number of methoxy groups -OCH3 is 1. The molecule has 0 aliphatic heterocycles. The normalized spacial score (nSPS) is 28.9. The third-order valence-corrected chi connectivity index (χ3v) is 8.61. The largest absolute Gasteiger partial charge is 0.508 e. The van der Waals surface area contributed by atoms with E-state index >= 15 is 0 Å². The van der Waals surface area contributed by atoms with E-state index in [1.807, 2.05) is 6.07 Å². The average molecular weight is 413 g/mol. The van der Waals surface area contributed by atoms with Crippen molar-refractivity contribution in [2.75, 3.05) is 7.11 Å². The predicted molar refractivity (Wildman–Crippen MR) is 127 cm³/mol. The second-order valence-electron chi connectivity index (χ2n) is 10.5. The Balaban J connectivity index is 1.46. The van der Waals surface area contributed by atoms with E-state index in [9.17, 15) is 5.11 Å². The molecule has 0 radical (unpaired) electrons. The van der Waals surface area contributed by atoms with E-state index in [0.29, 0.717) is 5.75 Å². The summed E-state index contributed by atoms with van der Waals surface area (Å²) in [5.74, 6) is 4.02. The summed E-state index contributed by atoms with van der Waals surface area (Å²) in [6, 6.07) is 17.3. The Morgan fingerprint density at radius 1 is 0.839 bits per heavy atom. The van der Waals surface area contributed by atoms with Crippen LogP contribution in [0.3, 0.4) is 0 Å². The van der Waals surface area contributed by atoms with Crippen LogP contribution in [0.4, 0.5) is 0 Å². The summed E-state index contributed by atoms with van der Waals surface area (Å²) < 4.78 is 5.69. The number of ether oxygens (including phenoxy) is 1. The highest BCUT2D eigenvalue weighted by molar-refractivity contribution is 5.94. The Bertz CT molecular complexity index is 1120. The number of hydrogen-bond donors (Lipinski definition) is 1. The van der Waals surface area contributed by atoms with Gasteiger partial charge in [-0.25, -0.2) is 0 Å². The van der Waals surface area contributed by atoms with E-state index in [1.165, 1.54) is 71.6 Å². The monoisotopic (exact) mass is 412 g/mol. The maximum atomic E-state index is 10.9. The molecule has 4 aliphatic rings. The second-order valence-corrected chi connectivity index (χ2v) is 10.5. The molecule has 4 aliphatic carbocycles. The highest BCUT2D eigenvalue weighted by Crippen LogP contribution is 2.62. The molecular formula is C29H32O2. The minimum Gasteiger partial charge on any atom is -0.508 e. The van der Waals surface area contributed by atoms with Crippen LogP contribution in [-0.4, -0.2) is 12.2 Å². The van der Waals surface area contributed by atoms with Gasteiger partial charge in [-0.15, -0.1) is 0 Å². The Labute approximate surface area is 185 Å². The number of benzene rings is 3. The van der Waals surface area contributed by atoms with Crippen molar-refractivity contribution in [3.8, 4) is 22.6 Å². The van der Waals surface area contributed by atoms with Crippen molar-refractivity contribution >= 4 is 10.8 Å². The molecule has 0 spiro atoms. The van der Waals surface area contributed by atoms with Crippen LogP contribution in [0.2, 0.25) is 0 Å². The molecule has 0 aromatic heterocycles. The van der Waals surface area contributed by atoms with E-state index in [-0.39, 0.29) is 5.41 Å². The van der Waals surface area contributed by atoms with Gasteiger partial charge in [0.25, 0.3) is 0 Å². The molecule has 4 bridgehead atoms. The van der Waals surface area contributed by atoms with Crippen molar-refractivity contribution in [2.24, 2.45) is 17.8 Å². The Hall–Kier alpha value is -2.48. The quantitative estimate of drug-likeness (QED) is 0.489. The van der Waals surface area contributed by atoms with Gasteiger partial charge in [-0.1, -0.05) is 31.2 Å². The molecule has 4 fully saturated rings. The molecule has 160 valence electrons. The molecule has 3 aromatic carbocycles. The molecule has 2 nitrogen and oxygen atoms in total. The molecule has 2 heteroatoms. The zero-order valence-electron chi connectivity index (χ0n) is 18.7. The van der Waals surface area contributed by atoms with Crippen molar-refractivity contribution in [3.63, 3.8) is 0 Å². The third kappa shape index (κ3) is 2.98. The van der Waals surface area contributed by atoms with E-state index in [1.54, 1.807) is 7.11 Å². The molecule has 4 saturated carbocycles. The van der Waals surface area contributed by atoms with Gasteiger partial charge in [0.15, 0.2) is 0 Å². The maximum absolute atomic E-state index is 10.9. The maximum Gasteiger partial charge on any atom is 0.126 e. The molecule has 1 N–H and O–H groups in total. The fourth-order valence-corrected chi connectivity index (χ4v) is 7.63. The average Bonchev–Trinajstić information content (AvgIpc) is 2.77. The molecule has 7 rings (SSSR count). The highest BCUT2D eigenvalue weighted by atomic mass is 16.5. The minimum absolute atomic E-state index is 0.193. The highest BCUT2D eigenvalue weighted by Gasteiger charge is 2.52. The smallest absolute Gasteiger partial charge is 0.126 e. The molecule has 0 heterocycles. The van der Waals surface area contributed by atoms with Crippen LogP contribution >= 0.6 is 0 Å². The van der Waals surface area contributed by atoms with E-state index in [2.05, 4.69) is 49.4 Å². The van der Waals surface area contributed by atoms with Gasteiger partial charge in [-0.2, -0.15) is 0 Å². The van der Waals surface area contributed by atoms with Crippen molar-refractivity contribution in [1.82, 2.24) is 0 Å². The first kappa shape index (κ1) is 19.2. The lowest BCUT2D eigenvalue weighted by atomic mass is 9.48. The van der Waals surface area contributed by atoms with Crippen LogP contribution in [0.25, 0.3) is 21.9 Å². The van der Waals surface area contributed by atoms with Crippen LogP contribution in [-0.2, 0) is 11.8 Å². The van der Waals surface area contributed by atoms with Crippen LogP contribution in [0.5, 0.6) is 11.5 Å². The number of hydrogen-bond acceptors (Lipinski definition) is 2. The fraction of sp³-hybridized carbons (Fsp3) is 0.448. The van der Waals surface area contributed by atoms with Crippen molar-refractivity contribution in [2.45, 2.75) is 57.3 Å². The number of aromatic hydroxyl groups is 1. The lowest BCUT2D eigenvalue weighted by molar-refractivity contribution is -0.00611. The van der Waals surface area contributed by atoms with Crippen molar-refractivity contribution in [3.05, 3.63) is 59.7 Å². The first-order valence-corrected chi connectivity index (χ1v) is 12.0. The molecule has 0 saturated heterocycles. The standard InChI is InChI=1S/C29H32O2/c1-3-21-6-9-28(31-2)25-13-22(4-7-24(21)25)23-5-8-27(30)26(14-23)29-15-18-10-19(16-29)12-20(11-18)17-29/h4-9,13-14,18-20,30H,3,10-12,15-17H2,1-2H3. The number of phenolic OH excluding ortho intramolecular Hbond substituents is 1. The minimum atomic E-state index is 0.193. The van der Waals surface area contributed by atoms with Gasteiger partial charge >= 0.3 is 0 Å². The molecule has 0 amide bonds. The summed E-state index contributed by atoms with van der Waals surface area (Å²) in [7, 11) is 1.75. The summed E-state index contributed by atoms with van der Waals surface area (Å²) in [4.78, 5) is 0. The summed E-state index contributed by atoms with van der Waals surface area (Å²) >= 11 is 0. The summed E-state index contributed by atoms with van der Waals surface area (Å²) in [5.41, 5.74) is 5.15. The van der Waals surface area contributed by atoms with Gasteiger partial charge in [0.1, 0.15) is 11.5 Å². The number of fused-ring (bicyclic) bond motifs is 1.